The van der Waals surface area contributed by atoms with Gasteiger partial charge in [-0.3, -0.25) is 9.78 Å². The van der Waals surface area contributed by atoms with E-state index in [2.05, 4.69) is 46.8 Å². The molecule has 0 aliphatic heterocycles. The molecule has 1 aliphatic rings. The highest BCUT2D eigenvalue weighted by Crippen LogP contribution is 2.46. The first-order chi connectivity index (χ1) is 14.6. The van der Waals surface area contributed by atoms with E-state index in [0.29, 0.717) is 12.5 Å². The molecule has 5 rings (SSSR count). The Bertz CT molecular complexity index is 1240. The Hall–Kier alpha value is -3.40. The summed E-state index contributed by atoms with van der Waals surface area (Å²) in [5.74, 6) is -0.128. The fourth-order valence-corrected chi connectivity index (χ4v) is 4.41. The summed E-state index contributed by atoms with van der Waals surface area (Å²) in [4.78, 5) is 15.6. The number of rotatable bonds is 6. The number of hydrogen-bond donors (Lipinski definition) is 1. The molecular formula is C26H24N2O2. The Morgan fingerprint density at radius 1 is 1.10 bits per heavy atom. The highest BCUT2D eigenvalue weighted by Gasteiger charge is 2.26. The van der Waals surface area contributed by atoms with Crippen molar-refractivity contribution in [3.63, 3.8) is 0 Å². The van der Waals surface area contributed by atoms with Crippen LogP contribution in [-0.4, -0.2) is 20.6 Å². The first-order valence-corrected chi connectivity index (χ1v) is 10.5. The van der Waals surface area contributed by atoms with Gasteiger partial charge in [-0.1, -0.05) is 30.3 Å². The van der Waals surface area contributed by atoms with E-state index >= 15 is 0 Å². The maximum Gasteiger partial charge on any atom is 0.305 e. The van der Waals surface area contributed by atoms with E-state index in [1.165, 1.54) is 29.4 Å². The summed E-state index contributed by atoms with van der Waals surface area (Å²) in [5.41, 5.74) is 8.14. The fourth-order valence-electron chi connectivity index (χ4n) is 4.41. The molecule has 0 saturated heterocycles. The Balaban J connectivity index is 1.86. The third-order valence-electron chi connectivity index (χ3n) is 6.05. The van der Waals surface area contributed by atoms with Crippen LogP contribution in [-0.2, 0) is 11.3 Å². The Kier molecular flexibility index (Phi) is 4.62. The first-order valence-electron chi connectivity index (χ1n) is 10.5. The molecule has 0 radical (unpaired) electrons. The van der Waals surface area contributed by atoms with Crippen molar-refractivity contribution in [3.05, 3.63) is 78.1 Å². The molecule has 0 amide bonds. The van der Waals surface area contributed by atoms with Crippen LogP contribution in [0, 0.1) is 6.92 Å². The van der Waals surface area contributed by atoms with Crippen molar-refractivity contribution in [1.29, 1.82) is 0 Å². The van der Waals surface area contributed by atoms with Gasteiger partial charge in [-0.15, -0.1) is 0 Å². The number of aryl methyl sites for hydroxylation is 2. The van der Waals surface area contributed by atoms with Crippen LogP contribution in [0.1, 0.15) is 36.3 Å². The third-order valence-corrected chi connectivity index (χ3v) is 6.05. The second-order valence-corrected chi connectivity index (χ2v) is 8.12. The summed E-state index contributed by atoms with van der Waals surface area (Å²) in [6, 6.07) is 19.1. The van der Waals surface area contributed by atoms with Crippen molar-refractivity contribution in [2.24, 2.45) is 0 Å². The van der Waals surface area contributed by atoms with Gasteiger partial charge in [-0.05, 0) is 66.6 Å². The number of aromatic nitrogens is 2. The molecule has 1 saturated carbocycles. The van der Waals surface area contributed by atoms with Gasteiger partial charge in [-0.2, -0.15) is 0 Å². The molecule has 150 valence electrons. The highest BCUT2D eigenvalue weighted by atomic mass is 16.4. The van der Waals surface area contributed by atoms with Gasteiger partial charge < -0.3 is 9.67 Å². The predicted molar refractivity (Wildman–Crippen MR) is 120 cm³/mol. The zero-order valence-corrected chi connectivity index (χ0v) is 17.0. The van der Waals surface area contributed by atoms with Gasteiger partial charge >= 0.3 is 5.97 Å². The summed E-state index contributed by atoms with van der Waals surface area (Å²) in [6.45, 7) is 2.55. The summed E-state index contributed by atoms with van der Waals surface area (Å²) >= 11 is 0. The number of aliphatic carboxylic acids is 1. The molecule has 30 heavy (non-hydrogen) atoms. The molecule has 4 aromatic rings. The van der Waals surface area contributed by atoms with E-state index in [9.17, 15) is 9.90 Å². The molecule has 0 atom stereocenters. The quantitative estimate of drug-likeness (QED) is 0.433. The van der Waals surface area contributed by atoms with Crippen molar-refractivity contribution >= 4 is 16.9 Å². The molecule has 4 heteroatoms. The first kappa shape index (κ1) is 18.6. The van der Waals surface area contributed by atoms with Crippen molar-refractivity contribution in [2.75, 3.05) is 0 Å². The van der Waals surface area contributed by atoms with Gasteiger partial charge in [0.1, 0.15) is 0 Å². The second kappa shape index (κ2) is 7.45. The number of carboxylic acid groups (broad SMARTS) is 1. The molecule has 2 heterocycles. The fraction of sp³-hybridized carbons (Fsp3) is 0.231. The summed E-state index contributed by atoms with van der Waals surface area (Å²) in [7, 11) is 0. The molecule has 1 N–H and O–H groups in total. The van der Waals surface area contributed by atoms with Crippen molar-refractivity contribution in [2.45, 2.75) is 38.6 Å². The SMILES string of the molecule is Cc1ccccc1-c1c(-c2ccncc2)c2cc(C3CC3)ccc2n1CCC(=O)O. The predicted octanol–water partition coefficient (Wildman–Crippen LogP) is 6.03. The van der Waals surface area contributed by atoms with E-state index in [1.54, 1.807) is 0 Å². The molecule has 0 unspecified atom stereocenters. The average Bonchev–Trinajstić information content (AvgIpc) is 3.55. The maximum absolute atomic E-state index is 11.4. The monoisotopic (exact) mass is 396 g/mol. The van der Waals surface area contributed by atoms with Crippen molar-refractivity contribution in [3.8, 4) is 22.4 Å². The molecule has 2 aromatic heterocycles. The molecule has 0 spiro atoms. The smallest absolute Gasteiger partial charge is 0.305 e. The topological polar surface area (TPSA) is 55.1 Å². The number of pyridine rings is 1. The summed E-state index contributed by atoms with van der Waals surface area (Å²) in [5, 5.41) is 10.6. The van der Waals surface area contributed by atoms with Crippen LogP contribution >= 0.6 is 0 Å². The van der Waals surface area contributed by atoms with E-state index in [4.69, 9.17) is 0 Å². The minimum Gasteiger partial charge on any atom is -0.481 e. The molecule has 1 fully saturated rings. The summed E-state index contributed by atoms with van der Waals surface area (Å²) in [6.07, 6.45) is 6.23. The van der Waals surface area contributed by atoms with Gasteiger partial charge in [-0.25, -0.2) is 0 Å². The lowest BCUT2D eigenvalue weighted by atomic mass is 9.95. The maximum atomic E-state index is 11.4. The number of benzene rings is 2. The van der Waals surface area contributed by atoms with Crippen LogP contribution in [0.15, 0.2) is 67.0 Å². The Morgan fingerprint density at radius 3 is 2.57 bits per heavy atom. The van der Waals surface area contributed by atoms with Crippen LogP contribution in [0.3, 0.4) is 0 Å². The number of carbonyl (C=O) groups is 1. The van der Waals surface area contributed by atoms with E-state index in [1.807, 2.05) is 36.7 Å². The van der Waals surface area contributed by atoms with Gasteiger partial charge in [0.2, 0.25) is 0 Å². The lowest BCUT2D eigenvalue weighted by molar-refractivity contribution is -0.137. The van der Waals surface area contributed by atoms with E-state index in [0.717, 1.165) is 27.9 Å². The number of nitrogens with zero attached hydrogens (tertiary/aromatic N) is 2. The van der Waals surface area contributed by atoms with E-state index in [-0.39, 0.29) is 6.42 Å². The largest absolute Gasteiger partial charge is 0.481 e. The number of fused-ring (bicyclic) bond motifs is 1. The van der Waals surface area contributed by atoms with Crippen LogP contribution in [0.4, 0.5) is 0 Å². The Labute approximate surface area is 175 Å². The summed E-state index contributed by atoms with van der Waals surface area (Å²) < 4.78 is 2.19. The molecule has 2 aromatic carbocycles. The van der Waals surface area contributed by atoms with Crippen molar-refractivity contribution in [1.82, 2.24) is 9.55 Å². The van der Waals surface area contributed by atoms with Crippen molar-refractivity contribution < 1.29 is 9.90 Å². The van der Waals surface area contributed by atoms with E-state index < -0.39 is 5.97 Å². The van der Waals surface area contributed by atoms with Crippen LogP contribution in [0.25, 0.3) is 33.3 Å². The zero-order valence-electron chi connectivity index (χ0n) is 17.0. The standard InChI is InChI=1S/C26H24N2O2/c1-17-4-2-3-5-21(17)26-25(19-10-13-27-14-11-19)22-16-20(18-6-7-18)8-9-23(22)28(26)15-12-24(29)30/h2-5,8-11,13-14,16,18H,6-7,12,15H2,1H3,(H,29,30). The lowest BCUT2D eigenvalue weighted by Crippen LogP contribution is -2.06. The normalized spacial score (nSPS) is 13.6. The zero-order chi connectivity index (χ0) is 20.7. The van der Waals surface area contributed by atoms with Crippen LogP contribution in [0.5, 0.6) is 0 Å². The lowest BCUT2D eigenvalue weighted by Gasteiger charge is -2.14. The molecule has 1 aliphatic carbocycles. The van der Waals surface area contributed by atoms with Crippen LogP contribution in [0.2, 0.25) is 0 Å². The molecular weight excluding hydrogens is 372 g/mol. The Morgan fingerprint density at radius 2 is 1.87 bits per heavy atom. The molecule has 0 bridgehead atoms. The number of hydrogen-bond acceptors (Lipinski definition) is 2. The number of carboxylic acids is 1. The minimum absolute atomic E-state index is 0.0861. The third kappa shape index (κ3) is 3.28. The van der Waals surface area contributed by atoms with Gasteiger partial charge in [0.25, 0.3) is 0 Å². The van der Waals surface area contributed by atoms with Gasteiger partial charge in [0.05, 0.1) is 12.1 Å². The van der Waals surface area contributed by atoms with Crippen LogP contribution < -0.4 is 0 Å². The highest BCUT2D eigenvalue weighted by molar-refractivity contribution is 6.05. The van der Waals surface area contributed by atoms with Gasteiger partial charge in [0.15, 0.2) is 0 Å². The second-order valence-electron chi connectivity index (χ2n) is 8.12. The average molecular weight is 396 g/mol. The minimum atomic E-state index is -0.785. The van der Waals surface area contributed by atoms with Gasteiger partial charge in [0, 0.05) is 41.0 Å². The molecule has 4 nitrogen and oxygen atoms in total.